The topological polar surface area (TPSA) is 49.6 Å². The Labute approximate surface area is 129 Å². The summed E-state index contributed by atoms with van der Waals surface area (Å²) in [4.78, 5) is 16.9. The van der Waals surface area contributed by atoms with E-state index in [-0.39, 0.29) is 24.5 Å². The highest BCUT2D eigenvalue weighted by atomic mass is 35.5. The van der Waals surface area contributed by atoms with E-state index < -0.39 is 0 Å². The molecule has 0 saturated carbocycles. The smallest absolute Gasteiger partial charge is 0.239 e. The van der Waals surface area contributed by atoms with Crippen molar-refractivity contribution in [3.8, 4) is 0 Å². The van der Waals surface area contributed by atoms with Gasteiger partial charge in [-0.1, -0.05) is 0 Å². The fourth-order valence-corrected chi connectivity index (χ4v) is 3.37. The highest BCUT2D eigenvalue weighted by Crippen LogP contribution is 2.22. The van der Waals surface area contributed by atoms with Crippen LogP contribution < -0.4 is 5.73 Å². The van der Waals surface area contributed by atoms with E-state index in [0.717, 1.165) is 39.0 Å². The van der Waals surface area contributed by atoms with Gasteiger partial charge in [-0.05, 0) is 65.0 Å². The first-order valence-electron chi connectivity index (χ1n) is 7.88. The first-order chi connectivity index (χ1) is 9.09. The molecule has 0 bridgehead atoms. The first-order valence-corrected chi connectivity index (χ1v) is 7.88. The minimum absolute atomic E-state index is 0. The largest absolute Gasteiger partial charge is 0.341 e. The fraction of sp³-hybridized carbons (Fsp3) is 0.933. The Bertz CT molecular complexity index is 297. The lowest BCUT2D eigenvalue weighted by molar-refractivity contribution is -0.137. The summed E-state index contributed by atoms with van der Waals surface area (Å²) in [5.74, 6) is 0.965. The molecule has 2 heterocycles. The SMILES string of the molecule is CC(N)C1CCN(C(C)C(=O)N2CCCCC2)CC1.Cl. The van der Waals surface area contributed by atoms with Gasteiger partial charge in [0.2, 0.25) is 5.91 Å². The van der Waals surface area contributed by atoms with Crippen molar-refractivity contribution in [3.63, 3.8) is 0 Å². The summed E-state index contributed by atoms with van der Waals surface area (Å²) >= 11 is 0. The van der Waals surface area contributed by atoms with Gasteiger partial charge in [0.25, 0.3) is 0 Å². The van der Waals surface area contributed by atoms with Crippen LogP contribution in [-0.4, -0.2) is 54.0 Å². The highest BCUT2D eigenvalue weighted by Gasteiger charge is 2.30. The van der Waals surface area contributed by atoms with Crippen molar-refractivity contribution in [2.75, 3.05) is 26.2 Å². The summed E-state index contributed by atoms with van der Waals surface area (Å²) in [6.07, 6.45) is 5.89. The minimum atomic E-state index is 0. The lowest BCUT2D eigenvalue weighted by atomic mass is 9.90. The number of hydrogen-bond donors (Lipinski definition) is 1. The summed E-state index contributed by atoms with van der Waals surface area (Å²) in [6.45, 7) is 8.13. The Morgan fingerprint density at radius 1 is 1.05 bits per heavy atom. The Hall–Kier alpha value is -0.320. The zero-order valence-corrected chi connectivity index (χ0v) is 13.7. The third-order valence-electron chi connectivity index (χ3n) is 4.89. The van der Waals surface area contributed by atoms with Crippen molar-refractivity contribution in [2.24, 2.45) is 11.7 Å². The summed E-state index contributed by atoms with van der Waals surface area (Å²) in [5.41, 5.74) is 5.97. The van der Waals surface area contributed by atoms with E-state index in [0.29, 0.717) is 11.8 Å². The monoisotopic (exact) mass is 303 g/mol. The molecule has 2 aliphatic rings. The number of carbonyl (C=O) groups is 1. The summed E-state index contributed by atoms with van der Waals surface area (Å²) < 4.78 is 0. The molecule has 2 fully saturated rings. The lowest BCUT2D eigenvalue weighted by Gasteiger charge is -2.39. The highest BCUT2D eigenvalue weighted by molar-refractivity contribution is 5.85. The molecular weight excluding hydrogens is 274 g/mol. The third kappa shape index (κ3) is 4.34. The molecule has 20 heavy (non-hydrogen) atoms. The average Bonchev–Trinajstić information content (AvgIpc) is 2.46. The summed E-state index contributed by atoms with van der Waals surface area (Å²) in [7, 11) is 0. The molecule has 0 radical (unpaired) electrons. The second-order valence-corrected chi connectivity index (χ2v) is 6.29. The predicted molar refractivity (Wildman–Crippen MR) is 85.1 cm³/mol. The number of nitrogens with two attached hydrogens (primary N) is 1. The maximum Gasteiger partial charge on any atom is 0.239 e. The van der Waals surface area contributed by atoms with Crippen LogP contribution in [0.1, 0.15) is 46.0 Å². The van der Waals surface area contributed by atoms with Gasteiger partial charge in [-0.25, -0.2) is 0 Å². The van der Waals surface area contributed by atoms with Crippen molar-refractivity contribution in [3.05, 3.63) is 0 Å². The van der Waals surface area contributed by atoms with E-state index in [1.165, 1.54) is 19.3 Å². The van der Waals surface area contributed by atoms with E-state index in [9.17, 15) is 4.79 Å². The van der Waals surface area contributed by atoms with Gasteiger partial charge < -0.3 is 10.6 Å². The van der Waals surface area contributed by atoms with Gasteiger partial charge in [0.1, 0.15) is 0 Å². The second-order valence-electron chi connectivity index (χ2n) is 6.29. The average molecular weight is 304 g/mol. The van der Waals surface area contributed by atoms with Crippen LogP contribution in [0.5, 0.6) is 0 Å². The molecule has 2 atom stereocenters. The van der Waals surface area contributed by atoms with E-state index in [1.54, 1.807) is 0 Å². The Morgan fingerprint density at radius 3 is 2.10 bits per heavy atom. The summed E-state index contributed by atoms with van der Waals surface area (Å²) in [6, 6.07) is 0.336. The Kier molecular flexibility index (Phi) is 7.27. The van der Waals surface area contributed by atoms with E-state index >= 15 is 0 Å². The number of halogens is 1. The van der Waals surface area contributed by atoms with Crippen molar-refractivity contribution < 1.29 is 4.79 Å². The van der Waals surface area contributed by atoms with Crippen LogP contribution in [-0.2, 0) is 4.79 Å². The molecule has 4 nitrogen and oxygen atoms in total. The number of rotatable bonds is 3. The van der Waals surface area contributed by atoms with E-state index in [2.05, 4.69) is 23.6 Å². The third-order valence-corrected chi connectivity index (χ3v) is 4.89. The van der Waals surface area contributed by atoms with Crippen molar-refractivity contribution in [1.29, 1.82) is 0 Å². The van der Waals surface area contributed by atoms with E-state index in [1.807, 2.05) is 0 Å². The fourth-order valence-electron chi connectivity index (χ4n) is 3.37. The standard InChI is InChI=1S/C15H29N3O.ClH/c1-12(16)14-6-10-17(11-7-14)13(2)15(19)18-8-4-3-5-9-18;/h12-14H,3-11,16H2,1-2H3;1H. The summed E-state index contributed by atoms with van der Waals surface area (Å²) in [5, 5.41) is 0. The van der Waals surface area contributed by atoms with E-state index in [4.69, 9.17) is 5.73 Å². The van der Waals surface area contributed by atoms with Gasteiger partial charge in [-0.2, -0.15) is 0 Å². The molecule has 5 heteroatoms. The number of likely N-dealkylation sites (tertiary alicyclic amines) is 2. The molecule has 118 valence electrons. The normalized spacial score (nSPS) is 24.9. The van der Waals surface area contributed by atoms with Gasteiger partial charge in [0, 0.05) is 19.1 Å². The number of piperidine rings is 2. The molecule has 2 saturated heterocycles. The molecule has 0 aromatic rings. The van der Waals surface area contributed by atoms with Crippen LogP contribution in [0.25, 0.3) is 0 Å². The number of nitrogens with zero attached hydrogens (tertiary/aromatic N) is 2. The quantitative estimate of drug-likeness (QED) is 0.866. The van der Waals surface area contributed by atoms with Crippen LogP contribution in [0, 0.1) is 5.92 Å². The van der Waals surface area contributed by atoms with Crippen LogP contribution in [0.2, 0.25) is 0 Å². The Morgan fingerprint density at radius 2 is 1.60 bits per heavy atom. The Balaban J connectivity index is 0.00000200. The molecule has 2 N–H and O–H groups in total. The van der Waals surface area contributed by atoms with Crippen molar-refractivity contribution in [1.82, 2.24) is 9.80 Å². The van der Waals surface area contributed by atoms with Gasteiger partial charge in [0.15, 0.2) is 0 Å². The van der Waals surface area contributed by atoms with Gasteiger partial charge in [-0.3, -0.25) is 9.69 Å². The zero-order valence-electron chi connectivity index (χ0n) is 12.9. The van der Waals surface area contributed by atoms with Gasteiger partial charge in [-0.15, -0.1) is 12.4 Å². The molecule has 2 unspecified atom stereocenters. The van der Waals surface area contributed by atoms with Crippen molar-refractivity contribution >= 4 is 18.3 Å². The second kappa shape index (κ2) is 8.20. The molecule has 0 aromatic carbocycles. The zero-order chi connectivity index (χ0) is 13.8. The maximum absolute atomic E-state index is 12.5. The molecule has 0 aromatic heterocycles. The number of amides is 1. The maximum atomic E-state index is 12.5. The van der Waals surface area contributed by atoms with Crippen LogP contribution >= 0.6 is 12.4 Å². The van der Waals surface area contributed by atoms with Crippen LogP contribution in [0.4, 0.5) is 0 Å². The molecule has 0 spiro atoms. The minimum Gasteiger partial charge on any atom is -0.341 e. The lowest BCUT2D eigenvalue weighted by Crippen LogP contribution is -2.51. The predicted octanol–water partition coefficient (Wildman–Crippen LogP) is 1.87. The molecular formula is C15H30ClN3O. The molecule has 2 rings (SSSR count). The van der Waals surface area contributed by atoms with Gasteiger partial charge in [0.05, 0.1) is 6.04 Å². The molecule has 1 amide bonds. The van der Waals surface area contributed by atoms with Crippen LogP contribution in [0.3, 0.4) is 0 Å². The number of hydrogen-bond acceptors (Lipinski definition) is 3. The van der Waals surface area contributed by atoms with Crippen LogP contribution in [0.15, 0.2) is 0 Å². The molecule has 0 aliphatic carbocycles. The molecule has 2 aliphatic heterocycles. The number of carbonyl (C=O) groups excluding carboxylic acids is 1. The van der Waals surface area contributed by atoms with Gasteiger partial charge >= 0.3 is 0 Å². The van der Waals surface area contributed by atoms with Crippen molar-refractivity contribution in [2.45, 2.75) is 58.0 Å². The first kappa shape index (κ1) is 17.7.